The van der Waals surface area contributed by atoms with Gasteiger partial charge in [-0.1, -0.05) is 12.1 Å². The molecule has 0 saturated heterocycles. The van der Waals surface area contributed by atoms with Crippen LogP contribution in [0.15, 0.2) is 48.5 Å². The fourth-order valence-corrected chi connectivity index (χ4v) is 2.55. The Labute approximate surface area is 152 Å². The minimum atomic E-state index is -0.758. The molecule has 1 heterocycles. The van der Waals surface area contributed by atoms with Crippen molar-refractivity contribution >= 4 is 28.5 Å². The van der Waals surface area contributed by atoms with Gasteiger partial charge in [-0.25, -0.2) is 9.78 Å². The van der Waals surface area contributed by atoms with Gasteiger partial charge >= 0.3 is 5.97 Å². The normalized spacial score (nSPS) is 10.6. The number of esters is 1. The van der Waals surface area contributed by atoms with Gasteiger partial charge in [0.2, 0.25) is 11.3 Å². The monoisotopic (exact) mass is 367 g/mol. The molecule has 0 spiro atoms. The maximum absolute atomic E-state index is 12.5. The highest BCUT2D eigenvalue weighted by molar-refractivity contribution is 5.93. The summed E-state index contributed by atoms with van der Waals surface area (Å²) in [7, 11) is 0. The smallest absolute Gasteiger partial charge is 0.338 e. The van der Waals surface area contributed by atoms with E-state index >= 15 is 0 Å². The number of para-hydroxylation sites is 2. The molecule has 9 heteroatoms. The first-order valence-corrected chi connectivity index (χ1v) is 7.82. The molecule has 0 N–H and O–H groups in total. The minimum Gasteiger partial charge on any atom is -0.618 e. The summed E-state index contributed by atoms with van der Waals surface area (Å²) in [4.78, 5) is 38.3. The van der Waals surface area contributed by atoms with E-state index in [9.17, 15) is 24.9 Å². The zero-order valence-electron chi connectivity index (χ0n) is 14.1. The first-order valence-electron chi connectivity index (χ1n) is 7.82. The van der Waals surface area contributed by atoms with E-state index in [1.807, 2.05) is 0 Å². The summed E-state index contributed by atoms with van der Waals surface area (Å²) in [5.41, 5.74) is 0.360. The van der Waals surface area contributed by atoms with E-state index < -0.39 is 23.3 Å². The molecule has 0 atom stereocenters. The van der Waals surface area contributed by atoms with Gasteiger partial charge < -0.3 is 9.94 Å². The highest BCUT2D eigenvalue weighted by atomic mass is 16.6. The maximum Gasteiger partial charge on any atom is 0.338 e. The number of carbonyl (C=O) groups is 2. The Balaban J connectivity index is 1.87. The van der Waals surface area contributed by atoms with Crippen LogP contribution >= 0.6 is 0 Å². The maximum atomic E-state index is 12.5. The first-order chi connectivity index (χ1) is 12.9. The molecule has 0 amide bonds. The van der Waals surface area contributed by atoms with Crippen molar-refractivity contribution < 1.29 is 24.0 Å². The summed E-state index contributed by atoms with van der Waals surface area (Å²) in [6, 6.07) is 11.4. The zero-order valence-corrected chi connectivity index (χ0v) is 14.1. The lowest BCUT2D eigenvalue weighted by Crippen LogP contribution is -2.37. The molecule has 0 fully saturated rings. The SMILES string of the molecule is CC(=O)c1c(COC(=O)c2ccc([N+](=O)[O-])cc2)nc2ccccc2[n+]1[O-]. The summed E-state index contributed by atoms with van der Waals surface area (Å²) in [5.74, 6) is -1.27. The first kappa shape index (κ1) is 17.9. The predicted molar refractivity (Wildman–Crippen MR) is 92.9 cm³/mol. The summed E-state index contributed by atoms with van der Waals surface area (Å²) in [6.07, 6.45) is 0. The van der Waals surface area contributed by atoms with Gasteiger partial charge in [-0.3, -0.25) is 14.9 Å². The highest BCUT2D eigenvalue weighted by Gasteiger charge is 2.24. The Bertz CT molecular complexity index is 1060. The Morgan fingerprint density at radius 3 is 2.44 bits per heavy atom. The lowest BCUT2D eigenvalue weighted by Gasteiger charge is -2.10. The van der Waals surface area contributed by atoms with Crippen molar-refractivity contribution in [3.63, 3.8) is 0 Å². The zero-order chi connectivity index (χ0) is 19.6. The minimum absolute atomic E-state index is 0.0338. The Morgan fingerprint density at radius 2 is 1.81 bits per heavy atom. The molecule has 0 saturated carbocycles. The van der Waals surface area contributed by atoms with Crippen LogP contribution in [0.3, 0.4) is 0 Å². The van der Waals surface area contributed by atoms with Gasteiger partial charge in [-0.05, 0) is 18.2 Å². The number of non-ortho nitro benzene ring substituents is 1. The molecule has 0 aliphatic rings. The second kappa shape index (κ2) is 7.16. The molecule has 1 aromatic heterocycles. The van der Waals surface area contributed by atoms with Crippen LogP contribution in [0.1, 0.15) is 33.5 Å². The number of rotatable bonds is 5. The van der Waals surface area contributed by atoms with Crippen molar-refractivity contribution in [1.29, 1.82) is 0 Å². The van der Waals surface area contributed by atoms with Crippen LogP contribution in [0.25, 0.3) is 11.0 Å². The molecule has 0 unspecified atom stereocenters. The Hall–Kier alpha value is -3.88. The number of nitrogens with zero attached hydrogens (tertiary/aromatic N) is 3. The van der Waals surface area contributed by atoms with Gasteiger partial charge in [-0.2, -0.15) is 4.73 Å². The van der Waals surface area contributed by atoms with Crippen LogP contribution in [0.4, 0.5) is 5.69 Å². The molecule has 27 heavy (non-hydrogen) atoms. The molecule has 136 valence electrons. The number of benzene rings is 2. The van der Waals surface area contributed by atoms with E-state index in [2.05, 4.69) is 4.98 Å². The lowest BCUT2D eigenvalue weighted by molar-refractivity contribution is -0.580. The third-order valence-electron chi connectivity index (χ3n) is 3.82. The number of ketones is 1. The number of fused-ring (bicyclic) bond motifs is 1. The fourth-order valence-electron chi connectivity index (χ4n) is 2.55. The number of ether oxygens (including phenoxy) is 1. The van der Waals surface area contributed by atoms with Crippen molar-refractivity contribution in [3.8, 4) is 0 Å². The van der Waals surface area contributed by atoms with E-state index in [0.29, 0.717) is 10.2 Å². The standard InChI is InChI=1S/C18H13N3O6/c1-11(22)17-15(19-14-4-2-3-5-16(14)20(17)24)10-27-18(23)12-6-8-13(9-7-12)21(25)26/h2-9H,10H2,1H3. The molecular formula is C18H13N3O6. The lowest BCUT2D eigenvalue weighted by atomic mass is 10.2. The van der Waals surface area contributed by atoms with Crippen LogP contribution in [0.2, 0.25) is 0 Å². The van der Waals surface area contributed by atoms with Gasteiger partial charge in [0, 0.05) is 25.1 Å². The summed E-state index contributed by atoms with van der Waals surface area (Å²) < 4.78 is 5.61. The van der Waals surface area contributed by atoms with Crippen LogP contribution in [0.5, 0.6) is 0 Å². The van der Waals surface area contributed by atoms with E-state index in [0.717, 1.165) is 0 Å². The number of carbonyl (C=O) groups excluding carboxylic acids is 2. The molecule has 2 aromatic carbocycles. The molecule has 0 bridgehead atoms. The summed E-state index contributed by atoms with van der Waals surface area (Å²) in [5, 5.41) is 23.1. The van der Waals surface area contributed by atoms with E-state index in [4.69, 9.17) is 4.74 Å². The number of nitro benzene ring substituents is 1. The van der Waals surface area contributed by atoms with Crippen molar-refractivity contribution in [3.05, 3.63) is 80.8 Å². The van der Waals surface area contributed by atoms with Crippen molar-refractivity contribution in [2.24, 2.45) is 0 Å². The Kier molecular flexibility index (Phi) is 4.75. The van der Waals surface area contributed by atoms with Crippen LogP contribution < -0.4 is 4.73 Å². The van der Waals surface area contributed by atoms with E-state index in [1.54, 1.807) is 18.2 Å². The fraction of sp³-hybridized carbons (Fsp3) is 0.111. The third kappa shape index (κ3) is 3.56. The van der Waals surface area contributed by atoms with E-state index in [1.165, 1.54) is 37.3 Å². The molecule has 3 aromatic rings. The Morgan fingerprint density at radius 1 is 1.15 bits per heavy atom. The average Bonchev–Trinajstić information content (AvgIpc) is 2.66. The van der Waals surface area contributed by atoms with Crippen molar-refractivity contribution in [1.82, 2.24) is 4.98 Å². The van der Waals surface area contributed by atoms with Crippen LogP contribution in [-0.4, -0.2) is 21.7 Å². The largest absolute Gasteiger partial charge is 0.618 e. The predicted octanol–water partition coefficient (Wildman–Crippen LogP) is 2.34. The summed E-state index contributed by atoms with van der Waals surface area (Å²) in [6.45, 7) is 0.833. The highest BCUT2D eigenvalue weighted by Crippen LogP contribution is 2.15. The van der Waals surface area contributed by atoms with Crippen LogP contribution in [0, 0.1) is 15.3 Å². The third-order valence-corrected chi connectivity index (χ3v) is 3.82. The number of nitro groups is 1. The van der Waals surface area contributed by atoms with Gasteiger partial charge in [0.05, 0.1) is 10.5 Å². The van der Waals surface area contributed by atoms with Gasteiger partial charge in [0.15, 0.2) is 5.69 Å². The van der Waals surface area contributed by atoms with Gasteiger partial charge in [0.1, 0.15) is 12.1 Å². The number of hydrogen-bond donors (Lipinski definition) is 0. The number of Topliss-reactive ketones (excluding diaryl/α,β-unsaturated/α-hetero) is 1. The quantitative estimate of drug-likeness (QED) is 0.169. The molecule has 0 aliphatic carbocycles. The molecule has 0 radical (unpaired) electrons. The van der Waals surface area contributed by atoms with Crippen molar-refractivity contribution in [2.45, 2.75) is 13.5 Å². The van der Waals surface area contributed by atoms with Crippen LogP contribution in [-0.2, 0) is 11.3 Å². The molecule has 9 nitrogen and oxygen atoms in total. The second-order valence-electron chi connectivity index (χ2n) is 5.63. The van der Waals surface area contributed by atoms with E-state index in [-0.39, 0.29) is 28.2 Å². The molecule has 3 rings (SSSR count). The second-order valence-corrected chi connectivity index (χ2v) is 5.63. The number of hydrogen-bond acceptors (Lipinski definition) is 7. The van der Waals surface area contributed by atoms with Gasteiger partial charge in [0.25, 0.3) is 11.4 Å². The summed E-state index contributed by atoms with van der Waals surface area (Å²) >= 11 is 0. The molecular weight excluding hydrogens is 354 g/mol. The topological polar surface area (TPSA) is 126 Å². The number of aromatic nitrogens is 2. The van der Waals surface area contributed by atoms with Gasteiger partial charge in [-0.15, -0.1) is 0 Å². The average molecular weight is 367 g/mol. The van der Waals surface area contributed by atoms with Crippen molar-refractivity contribution in [2.75, 3.05) is 0 Å². The molecule has 0 aliphatic heterocycles.